The van der Waals surface area contributed by atoms with E-state index in [1.807, 2.05) is 0 Å². The summed E-state index contributed by atoms with van der Waals surface area (Å²) in [6.45, 7) is 5.95. The SMILES string of the molecule is CCC1(C)CCN(C(=O)c2nonc2N)CC1. The molecule has 2 heterocycles. The van der Waals surface area contributed by atoms with Crippen LogP contribution in [-0.4, -0.2) is 34.2 Å². The van der Waals surface area contributed by atoms with Gasteiger partial charge in [0.1, 0.15) is 0 Å². The molecule has 6 heteroatoms. The van der Waals surface area contributed by atoms with E-state index >= 15 is 0 Å². The molecule has 0 bridgehead atoms. The van der Waals surface area contributed by atoms with Crippen LogP contribution in [0.3, 0.4) is 0 Å². The molecule has 0 aliphatic carbocycles. The van der Waals surface area contributed by atoms with Gasteiger partial charge in [0.25, 0.3) is 5.91 Å². The van der Waals surface area contributed by atoms with E-state index in [1.54, 1.807) is 4.90 Å². The molecular weight excluding hydrogens is 220 g/mol. The summed E-state index contributed by atoms with van der Waals surface area (Å²) in [4.78, 5) is 13.8. The predicted molar refractivity (Wildman–Crippen MR) is 62.2 cm³/mol. The molecule has 1 fully saturated rings. The molecule has 1 aliphatic heterocycles. The third-order valence-corrected chi connectivity index (χ3v) is 3.83. The molecule has 1 aromatic rings. The van der Waals surface area contributed by atoms with Crippen molar-refractivity contribution in [2.75, 3.05) is 18.8 Å². The lowest BCUT2D eigenvalue weighted by Crippen LogP contribution is -2.42. The second-order valence-corrected chi connectivity index (χ2v) is 4.95. The molecule has 2 rings (SSSR count). The number of nitrogens with zero attached hydrogens (tertiary/aromatic N) is 3. The van der Waals surface area contributed by atoms with Crippen LogP contribution in [0.5, 0.6) is 0 Å². The minimum absolute atomic E-state index is 0.0684. The number of hydrogen-bond acceptors (Lipinski definition) is 5. The highest BCUT2D eigenvalue weighted by atomic mass is 16.6. The summed E-state index contributed by atoms with van der Waals surface area (Å²) < 4.78 is 4.45. The molecule has 1 saturated heterocycles. The van der Waals surface area contributed by atoms with E-state index in [0.717, 1.165) is 32.4 Å². The van der Waals surface area contributed by atoms with Gasteiger partial charge < -0.3 is 10.6 Å². The van der Waals surface area contributed by atoms with E-state index in [-0.39, 0.29) is 17.4 Å². The largest absolute Gasteiger partial charge is 0.379 e. The van der Waals surface area contributed by atoms with Crippen molar-refractivity contribution in [3.8, 4) is 0 Å². The zero-order chi connectivity index (χ0) is 12.5. The van der Waals surface area contributed by atoms with Gasteiger partial charge in [-0.3, -0.25) is 4.79 Å². The van der Waals surface area contributed by atoms with E-state index in [9.17, 15) is 4.79 Å². The first kappa shape index (κ1) is 11.9. The number of anilines is 1. The van der Waals surface area contributed by atoms with Crippen LogP contribution in [0.1, 0.15) is 43.6 Å². The van der Waals surface area contributed by atoms with Crippen molar-refractivity contribution in [1.29, 1.82) is 0 Å². The number of carbonyl (C=O) groups is 1. The average Bonchev–Trinajstić information content (AvgIpc) is 2.76. The standard InChI is InChI=1S/C11H18N4O2/c1-3-11(2)4-6-15(7-5-11)10(16)8-9(12)14-17-13-8/h3-7H2,1-2H3,(H2,12,14). The predicted octanol–water partition coefficient (Wildman–Crippen LogP) is 1.30. The Kier molecular flexibility index (Phi) is 3.04. The molecule has 2 N–H and O–H groups in total. The fourth-order valence-corrected chi connectivity index (χ4v) is 2.10. The Balaban J connectivity index is 2.02. The van der Waals surface area contributed by atoms with Gasteiger partial charge in [0, 0.05) is 13.1 Å². The molecular formula is C11H18N4O2. The number of carbonyl (C=O) groups excluding carboxylic acids is 1. The number of hydrogen-bond donors (Lipinski definition) is 1. The van der Waals surface area contributed by atoms with Crippen LogP contribution in [0, 0.1) is 5.41 Å². The van der Waals surface area contributed by atoms with Crippen molar-refractivity contribution >= 4 is 11.7 Å². The molecule has 0 unspecified atom stereocenters. The Labute approximate surface area is 100 Å². The maximum Gasteiger partial charge on any atom is 0.280 e. The van der Waals surface area contributed by atoms with E-state index in [1.165, 1.54) is 0 Å². The van der Waals surface area contributed by atoms with Crippen LogP contribution in [0.25, 0.3) is 0 Å². The molecule has 1 aliphatic rings. The molecule has 0 saturated carbocycles. The van der Waals surface area contributed by atoms with Gasteiger partial charge in [0.05, 0.1) is 0 Å². The van der Waals surface area contributed by atoms with E-state index < -0.39 is 0 Å². The lowest BCUT2D eigenvalue weighted by atomic mass is 9.78. The van der Waals surface area contributed by atoms with Gasteiger partial charge in [-0.25, -0.2) is 4.63 Å². The summed E-state index contributed by atoms with van der Waals surface area (Å²) in [5, 5.41) is 6.97. The van der Waals surface area contributed by atoms with Crippen molar-refractivity contribution < 1.29 is 9.42 Å². The first-order valence-electron chi connectivity index (χ1n) is 5.93. The first-order valence-corrected chi connectivity index (χ1v) is 5.93. The van der Waals surface area contributed by atoms with Gasteiger partial charge in [-0.15, -0.1) is 0 Å². The maximum absolute atomic E-state index is 12.1. The Morgan fingerprint density at radius 1 is 1.47 bits per heavy atom. The highest BCUT2D eigenvalue weighted by molar-refractivity contribution is 5.96. The summed E-state index contributed by atoms with van der Waals surface area (Å²) in [6, 6.07) is 0. The number of nitrogen functional groups attached to an aromatic ring is 1. The maximum atomic E-state index is 12.1. The van der Waals surface area contributed by atoms with E-state index in [2.05, 4.69) is 28.8 Å². The second kappa shape index (κ2) is 4.35. The van der Waals surface area contributed by atoms with Crippen molar-refractivity contribution in [3.63, 3.8) is 0 Å². The zero-order valence-corrected chi connectivity index (χ0v) is 10.3. The molecule has 94 valence electrons. The molecule has 0 aromatic carbocycles. The zero-order valence-electron chi connectivity index (χ0n) is 10.3. The highest BCUT2D eigenvalue weighted by Crippen LogP contribution is 2.34. The summed E-state index contributed by atoms with van der Waals surface area (Å²) >= 11 is 0. The fourth-order valence-electron chi connectivity index (χ4n) is 2.10. The topological polar surface area (TPSA) is 85.2 Å². The average molecular weight is 238 g/mol. The molecule has 6 nitrogen and oxygen atoms in total. The molecule has 0 spiro atoms. The van der Waals surface area contributed by atoms with Gasteiger partial charge in [-0.1, -0.05) is 20.3 Å². The summed E-state index contributed by atoms with van der Waals surface area (Å²) in [6.07, 6.45) is 3.17. The Hall–Kier alpha value is -1.59. The molecule has 0 radical (unpaired) electrons. The van der Waals surface area contributed by atoms with Gasteiger partial charge in [-0.05, 0) is 28.6 Å². The molecule has 0 atom stereocenters. The van der Waals surface area contributed by atoms with Crippen LogP contribution in [0.4, 0.5) is 5.82 Å². The van der Waals surface area contributed by atoms with Crippen molar-refractivity contribution in [2.45, 2.75) is 33.1 Å². The van der Waals surface area contributed by atoms with Crippen molar-refractivity contribution in [2.24, 2.45) is 5.41 Å². The molecule has 17 heavy (non-hydrogen) atoms. The Morgan fingerprint density at radius 3 is 2.59 bits per heavy atom. The second-order valence-electron chi connectivity index (χ2n) is 4.95. The highest BCUT2D eigenvalue weighted by Gasteiger charge is 2.32. The van der Waals surface area contributed by atoms with Crippen molar-refractivity contribution in [3.05, 3.63) is 5.69 Å². The number of nitrogens with two attached hydrogens (primary N) is 1. The van der Waals surface area contributed by atoms with E-state index in [4.69, 9.17) is 5.73 Å². The van der Waals surface area contributed by atoms with Gasteiger partial charge in [0.15, 0.2) is 0 Å². The number of piperidine rings is 1. The van der Waals surface area contributed by atoms with Crippen LogP contribution < -0.4 is 5.73 Å². The third-order valence-electron chi connectivity index (χ3n) is 3.83. The molecule has 1 aromatic heterocycles. The minimum atomic E-state index is -0.179. The normalized spacial score (nSPS) is 19.3. The quantitative estimate of drug-likeness (QED) is 0.839. The number of likely N-dealkylation sites (tertiary alicyclic amines) is 1. The summed E-state index contributed by atoms with van der Waals surface area (Å²) in [7, 11) is 0. The van der Waals surface area contributed by atoms with Crippen LogP contribution >= 0.6 is 0 Å². The molecule has 1 amide bonds. The van der Waals surface area contributed by atoms with Crippen LogP contribution in [0.2, 0.25) is 0 Å². The van der Waals surface area contributed by atoms with Gasteiger partial charge >= 0.3 is 0 Å². The van der Waals surface area contributed by atoms with Gasteiger partial charge in [-0.2, -0.15) is 0 Å². The summed E-state index contributed by atoms with van der Waals surface area (Å²) in [5.74, 6) is -0.110. The lowest BCUT2D eigenvalue weighted by Gasteiger charge is -2.38. The Bertz CT molecular complexity index is 407. The minimum Gasteiger partial charge on any atom is -0.379 e. The number of amides is 1. The number of aromatic nitrogens is 2. The van der Waals surface area contributed by atoms with Gasteiger partial charge in [0.2, 0.25) is 11.5 Å². The lowest BCUT2D eigenvalue weighted by molar-refractivity contribution is 0.0590. The third kappa shape index (κ3) is 2.25. The first-order chi connectivity index (χ1) is 8.06. The van der Waals surface area contributed by atoms with E-state index in [0.29, 0.717) is 5.41 Å². The number of rotatable bonds is 2. The fraction of sp³-hybridized carbons (Fsp3) is 0.727. The monoisotopic (exact) mass is 238 g/mol. The van der Waals surface area contributed by atoms with Crippen LogP contribution in [0.15, 0.2) is 4.63 Å². The Morgan fingerprint density at radius 2 is 2.12 bits per heavy atom. The smallest absolute Gasteiger partial charge is 0.280 e. The summed E-state index contributed by atoms with van der Waals surface area (Å²) in [5.41, 5.74) is 5.99. The van der Waals surface area contributed by atoms with Crippen LogP contribution in [-0.2, 0) is 0 Å². The van der Waals surface area contributed by atoms with Crippen molar-refractivity contribution in [1.82, 2.24) is 15.2 Å².